The van der Waals surface area contributed by atoms with Crippen LogP contribution in [0.5, 0.6) is 0 Å². The van der Waals surface area contributed by atoms with Gasteiger partial charge in [-0.2, -0.15) is 8.42 Å². The van der Waals surface area contributed by atoms with Crippen molar-refractivity contribution in [2.24, 2.45) is 5.92 Å². The van der Waals surface area contributed by atoms with Gasteiger partial charge in [0.05, 0.1) is 21.5 Å². The molecule has 9 heteroatoms. The minimum Gasteiger partial charge on any atom is -0.311 e. The Kier molecular flexibility index (Phi) is 4.63. The van der Waals surface area contributed by atoms with Crippen LogP contribution in [0.25, 0.3) is 0 Å². The fourth-order valence-corrected chi connectivity index (χ4v) is 3.79. The third-order valence-corrected chi connectivity index (χ3v) is 5.58. The first-order valence-electron chi connectivity index (χ1n) is 5.55. The number of hydrogen-bond acceptors (Lipinski definition) is 3. The Morgan fingerprint density at radius 1 is 1.35 bits per heavy atom. The minimum absolute atomic E-state index is 0.0346. The lowest BCUT2D eigenvalue weighted by Gasteiger charge is -2.19. The normalized spacial score (nSPS) is 19.7. The van der Waals surface area contributed by atoms with Crippen LogP contribution in [0.1, 0.15) is 6.42 Å². The van der Waals surface area contributed by atoms with Crippen LogP contribution in [-0.2, 0) is 15.0 Å². The highest BCUT2D eigenvalue weighted by Gasteiger charge is 2.34. The fourth-order valence-electron chi connectivity index (χ4n) is 2.13. The highest BCUT2D eigenvalue weighted by atomic mass is 79.9. The summed E-state index contributed by atoms with van der Waals surface area (Å²) >= 11 is 15.3. The molecular formula is C11H9BrCl2FNO3S. The minimum atomic E-state index is -4.61. The van der Waals surface area contributed by atoms with Crippen LogP contribution in [0.4, 0.5) is 9.57 Å². The zero-order chi connectivity index (χ0) is 15.1. The lowest BCUT2D eigenvalue weighted by Crippen LogP contribution is -2.25. The molecule has 1 heterocycles. The molecule has 1 atom stereocenters. The van der Waals surface area contributed by atoms with Gasteiger partial charge in [-0.3, -0.25) is 4.79 Å². The molecule has 1 aliphatic rings. The Morgan fingerprint density at radius 2 is 2.00 bits per heavy atom. The van der Waals surface area contributed by atoms with E-state index < -0.39 is 21.9 Å². The van der Waals surface area contributed by atoms with Crippen LogP contribution in [0.3, 0.4) is 0 Å². The zero-order valence-corrected chi connectivity index (χ0v) is 13.9. The fraction of sp³-hybridized carbons (Fsp3) is 0.364. The van der Waals surface area contributed by atoms with Gasteiger partial charge in [-0.15, -0.1) is 3.89 Å². The van der Waals surface area contributed by atoms with E-state index in [2.05, 4.69) is 15.9 Å². The van der Waals surface area contributed by atoms with E-state index >= 15 is 0 Å². The van der Waals surface area contributed by atoms with Crippen molar-refractivity contribution in [3.8, 4) is 0 Å². The summed E-state index contributed by atoms with van der Waals surface area (Å²) in [6.45, 7) is 0.0969. The predicted octanol–water partition coefficient (Wildman–Crippen LogP) is 3.41. The number of anilines is 1. The molecule has 1 unspecified atom stereocenters. The van der Waals surface area contributed by atoms with E-state index in [1.807, 2.05) is 0 Å². The van der Waals surface area contributed by atoms with Crippen molar-refractivity contribution < 1.29 is 17.1 Å². The summed E-state index contributed by atoms with van der Waals surface area (Å²) in [7, 11) is -4.61. The zero-order valence-electron chi connectivity index (χ0n) is 9.95. The average molecular weight is 405 g/mol. The van der Waals surface area contributed by atoms with Gasteiger partial charge in [-0.25, -0.2) is 0 Å². The van der Waals surface area contributed by atoms with Crippen molar-refractivity contribution >= 4 is 60.9 Å². The highest BCUT2D eigenvalue weighted by molar-refractivity contribution is 9.10. The van der Waals surface area contributed by atoms with Crippen LogP contribution in [0, 0.1) is 5.92 Å². The Balaban J connectivity index is 2.27. The molecule has 1 aromatic rings. The summed E-state index contributed by atoms with van der Waals surface area (Å²) in [6, 6.07) is 3.23. The second-order valence-corrected chi connectivity index (χ2v) is 7.50. The van der Waals surface area contributed by atoms with E-state index in [1.165, 1.54) is 4.90 Å². The maximum atomic E-state index is 12.7. The van der Waals surface area contributed by atoms with Gasteiger partial charge in [0.2, 0.25) is 5.91 Å². The quantitative estimate of drug-likeness (QED) is 0.573. The maximum absolute atomic E-state index is 12.7. The molecule has 4 nitrogen and oxygen atoms in total. The summed E-state index contributed by atoms with van der Waals surface area (Å²) in [6.07, 6.45) is -0.0346. The van der Waals surface area contributed by atoms with Gasteiger partial charge in [0.25, 0.3) is 0 Å². The summed E-state index contributed by atoms with van der Waals surface area (Å²) in [5, 5.41) is 0.455. The lowest BCUT2D eigenvalue weighted by atomic mass is 10.1. The molecule has 1 aliphatic heterocycles. The third-order valence-electron chi connectivity index (χ3n) is 2.95. The van der Waals surface area contributed by atoms with Gasteiger partial charge in [-0.1, -0.05) is 23.2 Å². The van der Waals surface area contributed by atoms with Crippen LogP contribution >= 0.6 is 39.1 Å². The number of benzene rings is 1. The Labute approximate surface area is 134 Å². The average Bonchev–Trinajstić information content (AvgIpc) is 2.65. The number of hydrogen-bond donors (Lipinski definition) is 0. The number of carbonyl (C=O) groups is 1. The number of nitrogens with zero attached hydrogens (tertiary/aromatic N) is 1. The van der Waals surface area contributed by atoms with Gasteiger partial charge in [0, 0.05) is 23.4 Å². The molecule has 0 bridgehead atoms. The number of carbonyl (C=O) groups excluding carboxylic acids is 1. The van der Waals surface area contributed by atoms with Crippen molar-refractivity contribution in [2.75, 3.05) is 17.2 Å². The predicted molar refractivity (Wildman–Crippen MR) is 79.5 cm³/mol. The summed E-state index contributed by atoms with van der Waals surface area (Å²) in [5.74, 6) is -1.56. The van der Waals surface area contributed by atoms with Crippen molar-refractivity contribution in [1.29, 1.82) is 0 Å². The van der Waals surface area contributed by atoms with E-state index in [-0.39, 0.29) is 28.9 Å². The SMILES string of the molecule is O=C1CC(CS(=O)(=O)F)CN1c1ccc(Br)c(Cl)c1Cl. The first-order valence-corrected chi connectivity index (χ1v) is 8.65. The molecule has 2 rings (SSSR count). The van der Waals surface area contributed by atoms with Crippen LogP contribution in [0.15, 0.2) is 16.6 Å². The number of amides is 1. The second-order valence-electron chi connectivity index (χ2n) is 4.47. The standard InChI is InChI=1S/C11H9BrCl2FNO3S/c12-7-1-2-8(11(14)10(7)13)16-4-6(3-9(16)17)5-20(15,18)19/h1-2,6H,3-5H2. The summed E-state index contributed by atoms with van der Waals surface area (Å²) in [4.78, 5) is 13.2. The number of rotatable bonds is 3. The van der Waals surface area contributed by atoms with Crippen LogP contribution in [-0.4, -0.2) is 26.6 Å². The van der Waals surface area contributed by atoms with Crippen LogP contribution in [0.2, 0.25) is 10.0 Å². The van der Waals surface area contributed by atoms with Crippen molar-refractivity contribution in [3.05, 3.63) is 26.7 Å². The summed E-state index contributed by atoms with van der Waals surface area (Å²) < 4.78 is 34.6. The third kappa shape index (κ3) is 3.44. The van der Waals surface area contributed by atoms with Crippen LogP contribution < -0.4 is 4.90 Å². The largest absolute Gasteiger partial charge is 0.311 e. The Bertz CT molecular complexity index is 668. The molecule has 1 saturated heterocycles. The molecular weight excluding hydrogens is 396 g/mol. The Hall–Kier alpha value is -0.370. The lowest BCUT2D eigenvalue weighted by molar-refractivity contribution is -0.117. The van der Waals surface area contributed by atoms with Gasteiger partial charge in [0.1, 0.15) is 0 Å². The molecule has 1 amide bonds. The second kappa shape index (κ2) is 5.79. The first kappa shape index (κ1) is 16.0. The molecule has 0 saturated carbocycles. The van der Waals surface area contributed by atoms with Crippen molar-refractivity contribution in [1.82, 2.24) is 0 Å². The smallest absolute Gasteiger partial charge is 0.302 e. The highest BCUT2D eigenvalue weighted by Crippen LogP contribution is 2.39. The van der Waals surface area contributed by atoms with Gasteiger partial charge in [0.15, 0.2) is 0 Å². The molecule has 0 aliphatic carbocycles. The van der Waals surface area contributed by atoms with E-state index in [1.54, 1.807) is 12.1 Å². The van der Waals surface area contributed by atoms with Crippen molar-refractivity contribution in [2.45, 2.75) is 6.42 Å². The van der Waals surface area contributed by atoms with Crippen molar-refractivity contribution in [3.63, 3.8) is 0 Å². The monoisotopic (exact) mass is 403 g/mol. The molecule has 20 heavy (non-hydrogen) atoms. The van der Waals surface area contributed by atoms with Gasteiger partial charge >= 0.3 is 10.2 Å². The Morgan fingerprint density at radius 3 is 2.60 bits per heavy atom. The van der Waals surface area contributed by atoms with E-state index in [0.29, 0.717) is 10.2 Å². The molecule has 0 aromatic heterocycles. The van der Waals surface area contributed by atoms with E-state index in [9.17, 15) is 17.1 Å². The topological polar surface area (TPSA) is 54.5 Å². The molecule has 110 valence electrons. The first-order chi connectivity index (χ1) is 9.19. The molecule has 0 radical (unpaired) electrons. The molecule has 1 aromatic carbocycles. The van der Waals surface area contributed by atoms with E-state index in [4.69, 9.17) is 23.2 Å². The molecule has 1 fully saturated rings. The van der Waals surface area contributed by atoms with Gasteiger partial charge in [-0.05, 0) is 28.1 Å². The molecule has 0 N–H and O–H groups in total. The molecule has 0 spiro atoms. The van der Waals surface area contributed by atoms with Gasteiger partial charge < -0.3 is 4.90 Å². The summed E-state index contributed by atoms with van der Waals surface area (Å²) in [5.41, 5.74) is 0.392. The maximum Gasteiger partial charge on any atom is 0.302 e. The van der Waals surface area contributed by atoms with E-state index in [0.717, 1.165) is 0 Å². The number of halogens is 4.